The van der Waals surface area contributed by atoms with Crippen LogP contribution in [0.5, 0.6) is 0 Å². The smallest absolute Gasteiger partial charge is 0.234 e. The molecular formula is C24H30FN7O2S. The minimum absolute atomic E-state index is 0.280. The Bertz CT molecular complexity index is 1130. The average Bonchev–Trinajstić information content (AvgIpc) is 3.31. The van der Waals surface area contributed by atoms with Gasteiger partial charge in [0.1, 0.15) is 5.82 Å². The maximum Gasteiger partial charge on any atom is 0.234 e. The van der Waals surface area contributed by atoms with Gasteiger partial charge in [-0.05, 0) is 29.7 Å². The van der Waals surface area contributed by atoms with Crippen LogP contribution in [0.2, 0.25) is 0 Å². The van der Waals surface area contributed by atoms with Crippen LogP contribution in [0.4, 0.5) is 21.4 Å². The zero-order valence-corrected chi connectivity index (χ0v) is 20.6. The number of morpholine rings is 1. The highest BCUT2D eigenvalue weighted by atomic mass is 32.1. The highest BCUT2D eigenvalue weighted by Gasteiger charge is 2.16. The Balaban J connectivity index is 1.49. The van der Waals surface area contributed by atoms with Gasteiger partial charge < -0.3 is 15.2 Å². The molecule has 1 atom stereocenters. The third-order valence-electron chi connectivity index (χ3n) is 5.31. The molecule has 1 unspecified atom stereocenters. The minimum Gasteiger partial charge on any atom is -0.390 e. The second-order valence-electron chi connectivity index (χ2n) is 8.52. The molecule has 0 amide bonds. The van der Waals surface area contributed by atoms with Crippen LogP contribution in [0.3, 0.4) is 0 Å². The summed E-state index contributed by atoms with van der Waals surface area (Å²) in [6, 6.07) is 6.27. The van der Waals surface area contributed by atoms with Crippen LogP contribution in [-0.2, 0) is 4.74 Å². The first kappa shape index (κ1) is 25.1. The summed E-state index contributed by atoms with van der Waals surface area (Å²) in [6.45, 7) is 8.01. The summed E-state index contributed by atoms with van der Waals surface area (Å²) in [6.07, 6.45) is 4.67. The lowest BCUT2D eigenvalue weighted by Gasteiger charge is -2.28. The van der Waals surface area contributed by atoms with Gasteiger partial charge >= 0.3 is 0 Å². The molecule has 0 radical (unpaired) electrons. The topological polar surface area (TPSA) is 108 Å². The first-order valence-electron chi connectivity index (χ1n) is 11.6. The molecule has 1 aliphatic heterocycles. The Hall–Kier alpha value is -2.99. The quantitative estimate of drug-likeness (QED) is 0.385. The summed E-state index contributed by atoms with van der Waals surface area (Å²) in [5, 5.41) is 17.4. The van der Waals surface area contributed by atoms with E-state index in [1.54, 1.807) is 24.3 Å². The van der Waals surface area contributed by atoms with Crippen LogP contribution in [0.1, 0.15) is 36.0 Å². The molecule has 3 heterocycles. The van der Waals surface area contributed by atoms with Crippen molar-refractivity contribution in [1.82, 2.24) is 24.8 Å². The van der Waals surface area contributed by atoms with Gasteiger partial charge in [0.05, 0.1) is 19.3 Å². The summed E-state index contributed by atoms with van der Waals surface area (Å²) < 4.78 is 18.9. The van der Waals surface area contributed by atoms with Gasteiger partial charge in [-0.1, -0.05) is 32.1 Å². The fraction of sp³-hybridized carbons (Fsp3) is 0.417. The van der Waals surface area contributed by atoms with Crippen LogP contribution >= 0.6 is 11.3 Å². The largest absolute Gasteiger partial charge is 0.390 e. The molecule has 3 aromatic rings. The molecule has 2 aromatic heterocycles. The van der Waals surface area contributed by atoms with Crippen LogP contribution in [0.25, 0.3) is 12.2 Å². The number of ether oxygens (including phenoxy) is 1. The highest BCUT2D eigenvalue weighted by Crippen LogP contribution is 2.27. The van der Waals surface area contributed by atoms with Crippen LogP contribution in [-0.4, -0.2) is 75.4 Å². The molecule has 0 aliphatic carbocycles. The molecule has 186 valence electrons. The van der Waals surface area contributed by atoms with Gasteiger partial charge in [-0.25, -0.2) is 9.37 Å². The fourth-order valence-corrected chi connectivity index (χ4v) is 4.26. The molecule has 1 aromatic carbocycles. The van der Waals surface area contributed by atoms with Gasteiger partial charge in [-0.3, -0.25) is 10.2 Å². The predicted molar refractivity (Wildman–Crippen MR) is 136 cm³/mol. The lowest BCUT2D eigenvalue weighted by molar-refractivity contribution is 0.0171. The van der Waals surface area contributed by atoms with Crippen molar-refractivity contribution in [3.63, 3.8) is 0 Å². The van der Waals surface area contributed by atoms with Crippen molar-refractivity contribution in [1.29, 1.82) is 0 Å². The van der Waals surface area contributed by atoms with E-state index in [9.17, 15) is 9.50 Å². The number of anilines is 3. The normalized spacial score (nSPS) is 15.6. The number of rotatable bonds is 10. The van der Waals surface area contributed by atoms with E-state index in [1.807, 2.05) is 6.20 Å². The summed E-state index contributed by atoms with van der Waals surface area (Å²) in [5.74, 6) is 1.09. The van der Waals surface area contributed by atoms with Crippen molar-refractivity contribution in [3.05, 3.63) is 52.5 Å². The molecule has 0 bridgehead atoms. The molecule has 11 heteroatoms. The number of benzene rings is 1. The molecule has 3 N–H and O–H groups in total. The number of aliphatic hydroxyl groups is 1. The Labute approximate surface area is 208 Å². The molecule has 0 saturated carbocycles. The van der Waals surface area contributed by atoms with E-state index < -0.39 is 6.10 Å². The van der Waals surface area contributed by atoms with E-state index in [0.29, 0.717) is 54.1 Å². The molecule has 1 saturated heterocycles. The van der Waals surface area contributed by atoms with Gasteiger partial charge in [0.25, 0.3) is 0 Å². The van der Waals surface area contributed by atoms with E-state index in [4.69, 9.17) is 4.74 Å². The second kappa shape index (κ2) is 12.1. The van der Waals surface area contributed by atoms with Crippen molar-refractivity contribution in [2.45, 2.75) is 25.9 Å². The van der Waals surface area contributed by atoms with Crippen LogP contribution in [0, 0.1) is 5.82 Å². The number of β-amino-alcohol motifs (C(OH)–C–C–N with tert-alkyl or cyclic N) is 1. The summed E-state index contributed by atoms with van der Waals surface area (Å²) in [5.41, 5.74) is 0.692. The van der Waals surface area contributed by atoms with E-state index in [1.165, 1.54) is 23.5 Å². The maximum absolute atomic E-state index is 13.5. The van der Waals surface area contributed by atoms with E-state index in [-0.39, 0.29) is 12.4 Å². The van der Waals surface area contributed by atoms with Crippen LogP contribution in [0.15, 0.2) is 30.5 Å². The first-order valence-corrected chi connectivity index (χ1v) is 12.4. The third kappa shape index (κ3) is 7.76. The standard InChI is InChI=1S/C24H30FN7O2S/c1-16(2)20-14-27-24(35-20)31-23-29-21(7-6-17-4-3-5-18(25)12-17)28-22(30-23)26-13-19(33)15-32-8-10-34-11-9-32/h3-7,12,14,16,19,33H,8-11,13,15H2,1-2H3,(H2,26,27,28,29,30,31)/b7-6+. The number of aromatic nitrogens is 4. The van der Waals surface area contributed by atoms with Gasteiger partial charge in [-0.2, -0.15) is 15.0 Å². The summed E-state index contributed by atoms with van der Waals surface area (Å²) >= 11 is 1.54. The monoisotopic (exact) mass is 499 g/mol. The van der Waals surface area contributed by atoms with Crippen LogP contribution < -0.4 is 10.6 Å². The lowest BCUT2D eigenvalue weighted by atomic mass is 10.2. The SMILES string of the molecule is CC(C)c1cnc(Nc2nc(/C=C/c3cccc(F)c3)nc(NCC(O)CN3CCOCC3)n2)s1. The zero-order chi connectivity index (χ0) is 24.6. The molecule has 9 nitrogen and oxygen atoms in total. The summed E-state index contributed by atoms with van der Waals surface area (Å²) in [7, 11) is 0. The van der Waals surface area contributed by atoms with Crippen molar-refractivity contribution in [2.24, 2.45) is 0 Å². The molecule has 1 fully saturated rings. The molecule has 1 aliphatic rings. The van der Waals surface area contributed by atoms with E-state index >= 15 is 0 Å². The van der Waals surface area contributed by atoms with E-state index in [2.05, 4.69) is 49.3 Å². The Kier molecular flexibility index (Phi) is 8.69. The molecular weight excluding hydrogens is 469 g/mol. The van der Waals surface area contributed by atoms with Crippen molar-refractivity contribution < 1.29 is 14.2 Å². The third-order valence-corrected chi connectivity index (χ3v) is 6.52. The van der Waals surface area contributed by atoms with Crippen molar-refractivity contribution >= 4 is 40.5 Å². The van der Waals surface area contributed by atoms with Crippen molar-refractivity contribution in [2.75, 3.05) is 50.0 Å². The first-order chi connectivity index (χ1) is 16.9. The number of nitrogens with one attached hydrogen (secondary N) is 2. The van der Waals surface area contributed by atoms with Crippen molar-refractivity contribution in [3.8, 4) is 0 Å². The number of halogens is 1. The Morgan fingerprint density at radius 1 is 1.17 bits per heavy atom. The maximum atomic E-state index is 13.5. The molecule has 0 spiro atoms. The molecule has 35 heavy (non-hydrogen) atoms. The Morgan fingerprint density at radius 2 is 1.97 bits per heavy atom. The number of thiazole rings is 1. The zero-order valence-electron chi connectivity index (χ0n) is 19.8. The average molecular weight is 500 g/mol. The Morgan fingerprint density at radius 3 is 2.71 bits per heavy atom. The minimum atomic E-state index is -0.597. The second-order valence-corrected chi connectivity index (χ2v) is 9.59. The lowest BCUT2D eigenvalue weighted by Crippen LogP contribution is -2.42. The highest BCUT2D eigenvalue weighted by molar-refractivity contribution is 7.15. The predicted octanol–water partition coefficient (Wildman–Crippen LogP) is 3.61. The van der Waals surface area contributed by atoms with Gasteiger partial charge in [-0.15, -0.1) is 11.3 Å². The fourth-order valence-electron chi connectivity index (χ4n) is 3.45. The number of hydrogen-bond acceptors (Lipinski definition) is 10. The van der Waals surface area contributed by atoms with E-state index in [0.717, 1.165) is 18.0 Å². The van der Waals surface area contributed by atoms with Gasteiger partial charge in [0.2, 0.25) is 11.9 Å². The van der Waals surface area contributed by atoms with Gasteiger partial charge in [0.15, 0.2) is 11.0 Å². The summed E-state index contributed by atoms with van der Waals surface area (Å²) in [4.78, 5) is 21.1. The molecule has 4 rings (SSSR count). The van der Waals surface area contributed by atoms with Gasteiger partial charge in [0, 0.05) is 37.3 Å². The number of hydrogen-bond donors (Lipinski definition) is 3. The number of aliphatic hydroxyl groups excluding tert-OH is 1. The number of nitrogens with zero attached hydrogens (tertiary/aromatic N) is 5.